The zero-order valence-corrected chi connectivity index (χ0v) is 17.7. The van der Waals surface area contributed by atoms with Crippen LogP contribution in [-0.2, 0) is 22.7 Å². The normalized spacial score (nSPS) is 16.6. The molecule has 2 N–H and O–H groups in total. The number of carbonyl (C=O) groups excluding carboxylic acids is 2. The Balaban J connectivity index is 1.67. The number of ether oxygens (including phenoxy) is 2. The van der Waals surface area contributed by atoms with E-state index in [-0.39, 0.29) is 18.2 Å². The van der Waals surface area contributed by atoms with Crippen LogP contribution in [0, 0.1) is 6.92 Å². The summed E-state index contributed by atoms with van der Waals surface area (Å²) in [5, 5.41) is 5.81. The van der Waals surface area contributed by atoms with Crippen molar-refractivity contribution in [3.05, 3.63) is 59.2 Å². The first kappa shape index (κ1) is 21.6. The molecule has 1 saturated heterocycles. The first-order chi connectivity index (χ1) is 14.5. The third-order valence-corrected chi connectivity index (χ3v) is 5.43. The van der Waals surface area contributed by atoms with Crippen LogP contribution in [0.15, 0.2) is 42.5 Å². The van der Waals surface area contributed by atoms with E-state index in [9.17, 15) is 9.59 Å². The van der Waals surface area contributed by atoms with Gasteiger partial charge in [0.25, 0.3) is 0 Å². The van der Waals surface area contributed by atoms with Gasteiger partial charge in [0.1, 0.15) is 11.5 Å². The van der Waals surface area contributed by atoms with E-state index in [4.69, 9.17) is 9.47 Å². The number of hydrogen-bond donors (Lipinski definition) is 2. The second kappa shape index (κ2) is 10.1. The van der Waals surface area contributed by atoms with Crippen LogP contribution < -0.4 is 20.1 Å². The van der Waals surface area contributed by atoms with E-state index in [1.54, 1.807) is 14.2 Å². The van der Waals surface area contributed by atoms with Crippen molar-refractivity contribution in [3.63, 3.8) is 0 Å². The van der Waals surface area contributed by atoms with Crippen LogP contribution in [0.5, 0.6) is 11.5 Å². The van der Waals surface area contributed by atoms with E-state index < -0.39 is 6.04 Å². The molecule has 1 heterocycles. The number of amides is 2. The standard InChI is InChI=1S/C23H29N3O4/c1-16-6-4-5-7-17(16)14-25-22(27)13-20-23(28)24-10-11-26(20)15-18-8-9-19(29-2)12-21(18)30-3/h4-9,12,20H,10-11,13-15H2,1-3H3,(H,24,28)(H,25,27)/t20-/m0/s1. The molecule has 160 valence electrons. The third-order valence-electron chi connectivity index (χ3n) is 5.43. The van der Waals surface area contributed by atoms with Gasteiger partial charge in [0.15, 0.2) is 0 Å². The van der Waals surface area contributed by atoms with Gasteiger partial charge in [-0.3, -0.25) is 14.5 Å². The second-order valence-corrected chi connectivity index (χ2v) is 7.36. The lowest BCUT2D eigenvalue weighted by Gasteiger charge is -2.35. The predicted octanol–water partition coefficient (Wildman–Crippen LogP) is 2.02. The number of nitrogens with zero attached hydrogens (tertiary/aromatic N) is 1. The van der Waals surface area contributed by atoms with E-state index in [0.29, 0.717) is 37.7 Å². The van der Waals surface area contributed by atoms with E-state index in [2.05, 4.69) is 10.6 Å². The van der Waals surface area contributed by atoms with Gasteiger partial charge in [-0.2, -0.15) is 0 Å². The summed E-state index contributed by atoms with van der Waals surface area (Å²) in [4.78, 5) is 27.1. The summed E-state index contributed by atoms with van der Waals surface area (Å²) in [5.41, 5.74) is 3.14. The molecular formula is C23H29N3O4. The molecule has 30 heavy (non-hydrogen) atoms. The van der Waals surface area contributed by atoms with Gasteiger partial charge in [0, 0.05) is 37.8 Å². The molecular weight excluding hydrogens is 382 g/mol. The fourth-order valence-electron chi connectivity index (χ4n) is 3.62. The highest BCUT2D eigenvalue weighted by Gasteiger charge is 2.32. The molecule has 0 spiro atoms. The summed E-state index contributed by atoms with van der Waals surface area (Å²) in [6.45, 7) is 4.19. The minimum absolute atomic E-state index is 0.107. The Labute approximate surface area is 177 Å². The highest BCUT2D eigenvalue weighted by Crippen LogP contribution is 2.27. The van der Waals surface area contributed by atoms with Crippen LogP contribution in [-0.4, -0.2) is 50.1 Å². The molecule has 0 aliphatic carbocycles. The van der Waals surface area contributed by atoms with Crippen molar-refractivity contribution < 1.29 is 19.1 Å². The summed E-state index contributed by atoms with van der Waals surface area (Å²) < 4.78 is 10.7. The maximum Gasteiger partial charge on any atom is 0.237 e. The lowest BCUT2D eigenvalue weighted by atomic mass is 10.1. The highest BCUT2D eigenvalue weighted by molar-refractivity contribution is 5.88. The molecule has 0 saturated carbocycles. The Morgan fingerprint density at radius 3 is 2.70 bits per heavy atom. The Morgan fingerprint density at radius 1 is 1.17 bits per heavy atom. The zero-order chi connectivity index (χ0) is 21.5. The summed E-state index contributed by atoms with van der Waals surface area (Å²) in [5.74, 6) is 1.13. The Hall–Kier alpha value is -3.06. The summed E-state index contributed by atoms with van der Waals surface area (Å²) in [7, 11) is 3.21. The van der Waals surface area contributed by atoms with Crippen LogP contribution in [0.3, 0.4) is 0 Å². The molecule has 1 aliphatic heterocycles. The smallest absolute Gasteiger partial charge is 0.237 e. The molecule has 1 aliphatic rings. The zero-order valence-electron chi connectivity index (χ0n) is 17.7. The number of piperazine rings is 1. The first-order valence-electron chi connectivity index (χ1n) is 10.1. The van der Waals surface area contributed by atoms with Gasteiger partial charge in [-0.1, -0.05) is 30.3 Å². The number of carbonyl (C=O) groups is 2. The molecule has 1 fully saturated rings. The van der Waals surface area contributed by atoms with Crippen molar-refractivity contribution in [2.24, 2.45) is 0 Å². The SMILES string of the molecule is COc1ccc(CN2CCNC(=O)[C@@H]2CC(=O)NCc2ccccc2C)c(OC)c1. The number of hydrogen-bond acceptors (Lipinski definition) is 5. The molecule has 0 unspecified atom stereocenters. The number of methoxy groups -OCH3 is 2. The average Bonchev–Trinajstić information content (AvgIpc) is 2.75. The topological polar surface area (TPSA) is 79.9 Å². The fraction of sp³-hybridized carbons (Fsp3) is 0.391. The van der Waals surface area contributed by atoms with Gasteiger partial charge in [0.2, 0.25) is 11.8 Å². The fourth-order valence-corrected chi connectivity index (χ4v) is 3.62. The largest absolute Gasteiger partial charge is 0.497 e. The number of rotatable bonds is 8. The lowest BCUT2D eigenvalue weighted by molar-refractivity contribution is -0.134. The Bertz CT molecular complexity index is 900. The second-order valence-electron chi connectivity index (χ2n) is 7.36. The molecule has 2 aromatic carbocycles. The molecule has 7 nitrogen and oxygen atoms in total. The van der Waals surface area contributed by atoms with Gasteiger partial charge in [-0.15, -0.1) is 0 Å². The summed E-state index contributed by atoms with van der Waals surface area (Å²) >= 11 is 0. The van der Waals surface area contributed by atoms with Crippen molar-refractivity contribution in [2.75, 3.05) is 27.3 Å². The molecule has 1 atom stereocenters. The predicted molar refractivity (Wildman–Crippen MR) is 114 cm³/mol. The molecule has 7 heteroatoms. The number of nitrogens with one attached hydrogen (secondary N) is 2. The molecule has 3 rings (SSSR count). The van der Waals surface area contributed by atoms with E-state index in [0.717, 1.165) is 16.7 Å². The van der Waals surface area contributed by atoms with Gasteiger partial charge < -0.3 is 20.1 Å². The Kier molecular flexibility index (Phi) is 7.30. The minimum Gasteiger partial charge on any atom is -0.497 e. The third kappa shape index (κ3) is 5.30. The number of benzene rings is 2. The molecule has 0 aromatic heterocycles. The average molecular weight is 412 g/mol. The Morgan fingerprint density at radius 2 is 1.97 bits per heavy atom. The highest BCUT2D eigenvalue weighted by atomic mass is 16.5. The van der Waals surface area contributed by atoms with Gasteiger partial charge in [-0.25, -0.2) is 0 Å². The van der Waals surface area contributed by atoms with Crippen LogP contribution in [0.2, 0.25) is 0 Å². The van der Waals surface area contributed by atoms with Crippen LogP contribution >= 0.6 is 0 Å². The van der Waals surface area contributed by atoms with Crippen molar-refractivity contribution in [1.82, 2.24) is 15.5 Å². The van der Waals surface area contributed by atoms with Gasteiger partial charge in [0.05, 0.1) is 26.7 Å². The maximum absolute atomic E-state index is 12.6. The molecule has 0 bridgehead atoms. The maximum atomic E-state index is 12.6. The quantitative estimate of drug-likeness (QED) is 0.695. The summed E-state index contributed by atoms with van der Waals surface area (Å²) in [6.07, 6.45) is 0.107. The molecule has 2 amide bonds. The molecule has 0 radical (unpaired) electrons. The van der Waals surface area contributed by atoms with Crippen LogP contribution in [0.4, 0.5) is 0 Å². The lowest BCUT2D eigenvalue weighted by Crippen LogP contribution is -2.56. The monoisotopic (exact) mass is 411 g/mol. The van der Waals surface area contributed by atoms with Crippen molar-refractivity contribution in [1.29, 1.82) is 0 Å². The van der Waals surface area contributed by atoms with E-state index in [1.807, 2.05) is 54.3 Å². The minimum atomic E-state index is -0.526. The molecule has 2 aromatic rings. The van der Waals surface area contributed by atoms with E-state index in [1.165, 1.54) is 0 Å². The van der Waals surface area contributed by atoms with E-state index >= 15 is 0 Å². The first-order valence-corrected chi connectivity index (χ1v) is 10.1. The summed E-state index contributed by atoms with van der Waals surface area (Å²) in [6, 6.07) is 13.0. The van der Waals surface area contributed by atoms with Crippen LogP contribution in [0.1, 0.15) is 23.1 Å². The van der Waals surface area contributed by atoms with Gasteiger partial charge >= 0.3 is 0 Å². The van der Waals surface area contributed by atoms with Crippen molar-refractivity contribution in [2.45, 2.75) is 32.5 Å². The van der Waals surface area contributed by atoms with Gasteiger partial charge in [-0.05, 0) is 24.1 Å². The van der Waals surface area contributed by atoms with Crippen LogP contribution in [0.25, 0.3) is 0 Å². The number of aryl methyl sites for hydroxylation is 1. The van der Waals surface area contributed by atoms with Crippen molar-refractivity contribution >= 4 is 11.8 Å². The van der Waals surface area contributed by atoms with Crippen molar-refractivity contribution in [3.8, 4) is 11.5 Å².